The SMILES string of the molecule is C=C[C@@H](NC(C)C)[C@@H](C)O. The highest BCUT2D eigenvalue weighted by atomic mass is 16.3. The molecule has 0 aromatic heterocycles. The molecular formula is C8H17NO. The first kappa shape index (κ1) is 9.66. The Morgan fingerprint density at radius 3 is 2.00 bits per heavy atom. The summed E-state index contributed by atoms with van der Waals surface area (Å²) in [6.07, 6.45) is 1.37. The summed E-state index contributed by atoms with van der Waals surface area (Å²) < 4.78 is 0. The van der Waals surface area contributed by atoms with Crippen molar-refractivity contribution >= 4 is 0 Å². The van der Waals surface area contributed by atoms with Crippen LogP contribution in [0.3, 0.4) is 0 Å². The summed E-state index contributed by atoms with van der Waals surface area (Å²) in [6, 6.07) is 0.401. The molecule has 0 aliphatic carbocycles. The van der Waals surface area contributed by atoms with Gasteiger partial charge in [-0.05, 0) is 6.92 Å². The van der Waals surface area contributed by atoms with Crippen LogP contribution in [0.15, 0.2) is 12.7 Å². The number of hydrogen-bond acceptors (Lipinski definition) is 2. The fourth-order valence-corrected chi connectivity index (χ4v) is 0.789. The lowest BCUT2D eigenvalue weighted by Gasteiger charge is -2.19. The largest absolute Gasteiger partial charge is 0.391 e. The molecule has 0 aromatic rings. The molecular weight excluding hydrogens is 126 g/mol. The van der Waals surface area contributed by atoms with E-state index in [1.165, 1.54) is 0 Å². The number of nitrogens with one attached hydrogen (secondary N) is 1. The highest BCUT2D eigenvalue weighted by Crippen LogP contribution is 1.94. The summed E-state index contributed by atoms with van der Waals surface area (Å²) in [6.45, 7) is 9.45. The van der Waals surface area contributed by atoms with Crippen molar-refractivity contribution in [3.63, 3.8) is 0 Å². The van der Waals surface area contributed by atoms with E-state index in [0.717, 1.165) is 0 Å². The van der Waals surface area contributed by atoms with Crippen molar-refractivity contribution in [1.29, 1.82) is 0 Å². The third-order valence-electron chi connectivity index (χ3n) is 1.30. The highest BCUT2D eigenvalue weighted by molar-refractivity contribution is 4.90. The van der Waals surface area contributed by atoms with E-state index < -0.39 is 0 Å². The van der Waals surface area contributed by atoms with Crippen LogP contribution >= 0.6 is 0 Å². The third-order valence-corrected chi connectivity index (χ3v) is 1.30. The van der Waals surface area contributed by atoms with Gasteiger partial charge in [0.1, 0.15) is 0 Å². The van der Waals surface area contributed by atoms with E-state index in [-0.39, 0.29) is 12.1 Å². The Bertz CT molecular complexity index is 99.4. The maximum atomic E-state index is 9.13. The Hall–Kier alpha value is -0.340. The van der Waals surface area contributed by atoms with Gasteiger partial charge in [0, 0.05) is 6.04 Å². The summed E-state index contributed by atoms with van der Waals surface area (Å²) in [7, 11) is 0. The smallest absolute Gasteiger partial charge is 0.0700 e. The zero-order valence-electron chi connectivity index (χ0n) is 6.96. The molecule has 0 heterocycles. The highest BCUT2D eigenvalue weighted by Gasteiger charge is 2.10. The predicted octanol–water partition coefficient (Wildman–Crippen LogP) is 0.920. The van der Waals surface area contributed by atoms with Crippen LogP contribution in [0.1, 0.15) is 20.8 Å². The molecule has 0 aliphatic heterocycles. The number of rotatable bonds is 4. The molecule has 0 unspecified atom stereocenters. The van der Waals surface area contributed by atoms with E-state index in [4.69, 9.17) is 5.11 Å². The maximum Gasteiger partial charge on any atom is 0.0700 e. The summed E-state index contributed by atoms with van der Waals surface area (Å²) in [5, 5.41) is 12.3. The Balaban J connectivity index is 3.71. The number of hydrogen-bond donors (Lipinski definition) is 2. The fraction of sp³-hybridized carbons (Fsp3) is 0.750. The Kier molecular flexibility index (Phi) is 4.32. The van der Waals surface area contributed by atoms with Gasteiger partial charge < -0.3 is 10.4 Å². The van der Waals surface area contributed by atoms with Crippen molar-refractivity contribution < 1.29 is 5.11 Å². The second kappa shape index (κ2) is 4.47. The van der Waals surface area contributed by atoms with Gasteiger partial charge in [0.15, 0.2) is 0 Å². The lowest BCUT2D eigenvalue weighted by molar-refractivity contribution is 0.160. The quantitative estimate of drug-likeness (QED) is 0.573. The minimum Gasteiger partial charge on any atom is -0.391 e. The normalized spacial score (nSPS) is 16.9. The van der Waals surface area contributed by atoms with Crippen LogP contribution in [-0.4, -0.2) is 23.3 Å². The molecule has 2 nitrogen and oxygen atoms in total. The molecule has 0 saturated carbocycles. The molecule has 0 aromatic carbocycles. The molecule has 0 bridgehead atoms. The zero-order valence-corrected chi connectivity index (χ0v) is 6.96. The minimum absolute atomic E-state index is 0.0139. The monoisotopic (exact) mass is 143 g/mol. The summed E-state index contributed by atoms with van der Waals surface area (Å²) in [5.41, 5.74) is 0. The second-order valence-corrected chi connectivity index (χ2v) is 2.82. The van der Waals surface area contributed by atoms with Gasteiger partial charge in [-0.15, -0.1) is 6.58 Å². The van der Waals surface area contributed by atoms with Crippen molar-refractivity contribution in [3.05, 3.63) is 12.7 Å². The van der Waals surface area contributed by atoms with Crippen LogP contribution in [0.2, 0.25) is 0 Å². The molecule has 0 saturated heterocycles. The minimum atomic E-state index is -0.361. The molecule has 2 heteroatoms. The standard InChI is InChI=1S/C8H17NO/c1-5-8(7(4)10)9-6(2)3/h5-10H,1H2,2-4H3/t7-,8-/m1/s1. The van der Waals surface area contributed by atoms with Crippen molar-refractivity contribution in [2.45, 2.75) is 39.0 Å². The van der Waals surface area contributed by atoms with E-state index in [1.54, 1.807) is 13.0 Å². The van der Waals surface area contributed by atoms with Gasteiger partial charge in [-0.2, -0.15) is 0 Å². The van der Waals surface area contributed by atoms with E-state index in [2.05, 4.69) is 11.9 Å². The van der Waals surface area contributed by atoms with Gasteiger partial charge in [-0.3, -0.25) is 0 Å². The van der Waals surface area contributed by atoms with E-state index in [0.29, 0.717) is 6.04 Å². The predicted molar refractivity (Wildman–Crippen MR) is 43.9 cm³/mol. The molecule has 2 N–H and O–H groups in total. The third kappa shape index (κ3) is 3.64. The topological polar surface area (TPSA) is 32.3 Å². The summed E-state index contributed by atoms with van der Waals surface area (Å²) in [5.74, 6) is 0. The van der Waals surface area contributed by atoms with Crippen LogP contribution in [0, 0.1) is 0 Å². The van der Waals surface area contributed by atoms with Crippen molar-refractivity contribution in [2.75, 3.05) is 0 Å². The first-order valence-electron chi connectivity index (χ1n) is 3.64. The second-order valence-electron chi connectivity index (χ2n) is 2.82. The molecule has 2 atom stereocenters. The van der Waals surface area contributed by atoms with Gasteiger partial charge in [0.2, 0.25) is 0 Å². The van der Waals surface area contributed by atoms with E-state index in [9.17, 15) is 0 Å². The van der Waals surface area contributed by atoms with Crippen LogP contribution in [0.5, 0.6) is 0 Å². The molecule has 0 rings (SSSR count). The van der Waals surface area contributed by atoms with E-state index >= 15 is 0 Å². The lowest BCUT2D eigenvalue weighted by Crippen LogP contribution is -2.40. The average Bonchev–Trinajstić information content (AvgIpc) is 1.81. The summed E-state index contributed by atoms with van der Waals surface area (Å²) >= 11 is 0. The van der Waals surface area contributed by atoms with E-state index in [1.807, 2.05) is 13.8 Å². The van der Waals surface area contributed by atoms with Crippen LogP contribution in [0.25, 0.3) is 0 Å². The van der Waals surface area contributed by atoms with Crippen molar-refractivity contribution in [2.24, 2.45) is 0 Å². The average molecular weight is 143 g/mol. The van der Waals surface area contributed by atoms with Gasteiger partial charge in [-0.25, -0.2) is 0 Å². The first-order chi connectivity index (χ1) is 4.57. The molecule has 0 amide bonds. The Labute approximate surface area is 62.9 Å². The zero-order chi connectivity index (χ0) is 8.15. The van der Waals surface area contributed by atoms with Crippen LogP contribution in [0.4, 0.5) is 0 Å². The molecule has 10 heavy (non-hydrogen) atoms. The van der Waals surface area contributed by atoms with Crippen molar-refractivity contribution in [1.82, 2.24) is 5.32 Å². The van der Waals surface area contributed by atoms with Gasteiger partial charge in [0.25, 0.3) is 0 Å². The molecule has 0 spiro atoms. The molecule has 0 fully saturated rings. The number of aliphatic hydroxyl groups excluding tert-OH is 1. The molecule has 0 aliphatic rings. The maximum absolute atomic E-state index is 9.13. The van der Waals surface area contributed by atoms with Gasteiger partial charge in [-0.1, -0.05) is 19.9 Å². The van der Waals surface area contributed by atoms with Gasteiger partial charge >= 0.3 is 0 Å². The molecule has 0 radical (unpaired) electrons. The summed E-state index contributed by atoms with van der Waals surface area (Å²) in [4.78, 5) is 0. The van der Waals surface area contributed by atoms with Crippen LogP contribution < -0.4 is 5.32 Å². The van der Waals surface area contributed by atoms with Gasteiger partial charge in [0.05, 0.1) is 12.1 Å². The van der Waals surface area contributed by atoms with Crippen LogP contribution in [-0.2, 0) is 0 Å². The first-order valence-corrected chi connectivity index (χ1v) is 3.64. The van der Waals surface area contributed by atoms with Crippen molar-refractivity contribution in [3.8, 4) is 0 Å². The Morgan fingerprint density at radius 2 is 1.90 bits per heavy atom. The number of aliphatic hydroxyl groups is 1. The Morgan fingerprint density at radius 1 is 1.40 bits per heavy atom. The lowest BCUT2D eigenvalue weighted by atomic mass is 10.1. The fourth-order valence-electron chi connectivity index (χ4n) is 0.789. The molecule has 60 valence electrons.